The van der Waals surface area contributed by atoms with Crippen molar-refractivity contribution in [1.29, 1.82) is 0 Å². The topological polar surface area (TPSA) is 87.7 Å². The smallest absolute Gasteiger partial charge is 0.255 e. The fourth-order valence-electron chi connectivity index (χ4n) is 2.97. The largest absolute Gasteiger partial charge is 0.378 e. The number of rotatable bonds is 5. The van der Waals surface area contributed by atoms with Crippen molar-refractivity contribution < 1.29 is 19.1 Å². The van der Waals surface area contributed by atoms with Crippen molar-refractivity contribution >= 4 is 23.4 Å². The predicted molar refractivity (Wildman–Crippen MR) is 105 cm³/mol. The highest BCUT2D eigenvalue weighted by Gasteiger charge is 2.25. The number of ether oxygens (including phenoxy) is 1. The maximum absolute atomic E-state index is 12.7. The first-order valence-corrected chi connectivity index (χ1v) is 9.19. The minimum absolute atomic E-state index is 0.151. The Bertz CT molecular complexity index is 848. The summed E-state index contributed by atoms with van der Waals surface area (Å²) < 4.78 is 5.25. The highest BCUT2D eigenvalue weighted by Crippen LogP contribution is 2.17. The van der Waals surface area contributed by atoms with E-state index in [0.29, 0.717) is 43.1 Å². The molecule has 0 unspecified atom stereocenters. The minimum Gasteiger partial charge on any atom is -0.378 e. The Balaban J connectivity index is 1.68. The van der Waals surface area contributed by atoms with Gasteiger partial charge in [-0.3, -0.25) is 14.4 Å². The summed E-state index contributed by atoms with van der Waals surface area (Å²) in [7, 11) is 0. The average Bonchev–Trinajstić information content (AvgIpc) is 2.74. The van der Waals surface area contributed by atoms with Gasteiger partial charge in [0, 0.05) is 18.7 Å². The van der Waals surface area contributed by atoms with Gasteiger partial charge in [0.1, 0.15) is 6.04 Å². The zero-order chi connectivity index (χ0) is 19.9. The Kier molecular flexibility index (Phi) is 6.39. The van der Waals surface area contributed by atoms with E-state index >= 15 is 0 Å². The number of hydrogen-bond acceptors (Lipinski definition) is 4. The van der Waals surface area contributed by atoms with Crippen LogP contribution in [0.1, 0.15) is 27.6 Å². The van der Waals surface area contributed by atoms with E-state index in [1.807, 2.05) is 6.07 Å². The number of benzene rings is 2. The van der Waals surface area contributed by atoms with Crippen molar-refractivity contribution in [3.05, 3.63) is 65.7 Å². The first-order valence-electron chi connectivity index (χ1n) is 9.19. The van der Waals surface area contributed by atoms with Crippen LogP contribution in [0.15, 0.2) is 54.6 Å². The third kappa shape index (κ3) is 4.75. The number of para-hydroxylation sites is 1. The molecule has 0 radical (unpaired) electrons. The van der Waals surface area contributed by atoms with E-state index in [4.69, 9.17) is 4.74 Å². The molecule has 1 aliphatic rings. The highest BCUT2D eigenvalue weighted by molar-refractivity contribution is 6.09. The second kappa shape index (κ2) is 9.14. The quantitative estimate of drug-likeness (QED) is 0.828. The van der Waals surface area contributed by atoms with Crippen molar-refractivity contribution in [2.45, 2.75) is 13.0 Å². The molecule has 3 amide bonds. The van der Waals surface area contributed by atoms with Gasteiger partial charge in [-0.25, -0.2) is 0 Å². The molecule has 2 aromatic rings. The van der Waals surface area contributed by atoms with E-state index in [2.05, 4.69) is 10.6 Å². The molecular formula is C21H23N3O4. The van der Waals surface area contributed by atoms with Crippen LogP contribution in [0.25, 0.3) is 0 Å². The summed E-state index contributed by atoms with van der Waals surface area (Å²) in [5.74, 6) is -0.876. The number of nitrogens with one attached hydrogen (secondary N) is 2. The lowest BCUT2D eigenvalue weighted by Gasteiger charge is -2.29. The monoisotopic (exact) mass is 381 g/mol. The second-order valence-corrected chi connectivity index (χ2v) is 6.50. The molecule has 2 aromatic carbocycles. The van der Waals surface area contributed by atoms with Gasteiger partial charge >= 0.3 is 0 Å². The van der Waals surface area contributed by atoms with Crippen LogP contribution in [-0.2, 0) is 9.53 Å². The number of carbonyl (C=O) groups is 3. The first-order chi connectivity index (χ1) is 13.6. The van der Waals surface area contributed by atoms with Gasteiger partial charge in [-0.15, -0.1) is 0 Å². The maximum atomic E-state index is 12.7. The Hall–Kier alpha value is -3.19. The number of amides is 3. The minimum atomic E-state index is -0.677. The highest BCUT2D eigenvalue weighted by atomic mass is 16.5. The molecule has 0 aromatic heterocycles. The van der Waals surface area contributed by atoms with Crippen molar-refractivity contribution in [2.75, 3.05) is 31.6 Å². The van der Waals surface area contributed by atoms with Crippen molar-refractivity contribution in [1.82, 2.24) is 10.2 Å². The van der Waals surface area contributed by atoms with Crippen LogP contribution in [0.3, 0.4) is 0 Å². The molecule has 0 bridgehead atoms. The summed E-state index contributed by atoms with van der Waals surface area (Å²) >= 11 is 0. The van der Waals surface area contributed by atoms with E-state index in [0.717, 1.165) is 0 Å². The van der Waals surface area contributed by atoms with Crippen molar-refractivity contribution in [3.8, 4) is 0 Å². The van der Waals surface area contributed by atoms with Gasteiger partial charge in [-0.2, -0.15) is 0 Å². The lowest BCUT2D eigenvalue weighted by Crippen LogP contribution is -2.50. The molecule has 1 fully saturated rings. The van der Waals surface area contributed by atoms with Gasteiger partial charge in [0.25, 0.3) is 11.8 Å². The van der Waals surface area contributed by atoms with Crippen LogP contribution in [0.4, 0.5) is 5.69 Å². The van der Waals surface area contributed by atoms with E-state index in [1.165, 1.54) is 0 Å². The molecule has 1 heterocycles. The SMILES string of the molecule is C[C@H](NC(=O)c1ccccc1NC(=O)c1ccccc1)C(=O)N1CCOCC1. The Morgan fingerprint density at radius 1 is 0.929 bits per heavy atom. The molecule has 0 aliphatic carbocycles. The van der Waals surface area contributed by atoms with Crippen LogP contribution in [0, 0.1) is 0 Å². The Labute approximate surface area is 163 Å². The van der Waals surface area contributed by atoms with Crippen molar-refractivity contribution in [3.63, 3.8) is 0 Å². The van der Waals surface area contributed by atoms with E-state index in [-0.39, 0.29) is 11.8 Å². The maximum Gasteiger partial charge on any atom is 0.255 e. The summed E-state index contributed by atoms with van der Waals surface area (Å²) in [6.45, 7) is 3.69. The number of morpholine rings is 1. The molecular weight excluding hydrogens is 358 g/mol. The van der Waals surface area contributed by atoms with Gasteiger partial charge in [0.2, 0.25) is 5.91 Å². The normalized spacial score (nSPS) is 14.8. The van der Waals surface area contributed by atoms with E-state index < -0.39 is 11.9 Å². The molecule has 0 spiro atoms. The number of hydrogen-bond donors (Lipinski definition) is 2. The predicted octanol–water partition coefficient (Wildman–Crippen LogP) is 1.92. The molecule has 0 saturated carbocycles. The average molecular weight is 381 g/mol. The molecule has 28 heavy (non-hydrogen) atoms. The van der Waals surface area contributed by atoms with Crippen LogP contribution < -0.4 is 10.6 Å². The third-order valence-electron chi connectivity index (χ3n) is 4.50. The summed E-state index contributed by atoms with van der Waals surface area (Å²) in [5, 5.41) is 5.49. The standard InChI is InChI=1S/C21H23N3O4/c1-15(21(27)24-11-13-28-14-12-24)22-20(26)17-9-5-6-10-18(17)23-19(25)16-7-3-2-4-8-16/h2-10,15H,11-14H2,1H3,(H,22,26)(H,23,25)/t15-/m0/s1. The molecule has 3 rings (SSSR count). The summed E-state index contributed by atoms with van der Waals surface area (Å²) in [6, 6.07) is 14.8. The number of anilines is 1. The lowest BCUT2D eigenvalue weighted by atomic mass is 10.1. The van der Waals surface area contributed by atoms with E-state index in [1.54, 1.807) is 60.4 Å². The van der Waals surface area contributed by atoms with Gasteiger partial charge in [-0.1, -0.05) is 30.3 Å². The zero-order valence-electron chi connectivity index (χ0n) is 15.7. The van der Waals surface area contributed by atoms with Crippen molar-refractivity contribution in [2.24, 2.45) is 0 Å². The van der Waals surface area contributed by atoms with Crippen LogP contribution in [0.2, 0.25) is 0 Å². The summed E-state index contributed by atoms with van der Waals surface area (Å²) in [6.07, 6.45) is 0. The van der Waals surface area contributed by atoms with Gasteiger partial charge in [0.05, 0.1) is 24.5 Å². The second-order valence-electron chi connectivity index (χ2n) is 6.50. The lowest BCUT2D eigenvalue weighted by molar-refractivity contribution is -0.136. The molecule has 1 saturated heterocycles. The fraction of sp³-hybridized carbons (Fsp3) is 0.286. The van der Waals surface area contributed by atoms with Crippen LogP contribution in [-0.4, -0.2) is 55.0 Å². The molecule has 1 aliphatic heterocycles. The van der Waals surface area contributed by atoms with Crippen LogP contribution in [0.5, 0.6) is 0 Å². The molecule has 146 valence electrons. The number of nitrogens with zero attached hydrogens (tertiary/aromatic N) is 1. The van der Waals surface area contributed by atoms with Crippen LogP contribution >= 0.6 is 0 Å². The third-order valence-corrected chi connectivity index (χ3v) is 4.50. The molecule has 2 N–H and O–H groups in total. The van der Waals surface area contributed by atoms with Gasteiger partial charge in [-0.05, 0) is 31.2 Å². The molecule has 7 heteroatoms. The molecule has 7 nitrogen and oxygen atoms in total. The van der Waals surface area contributed by atoms with E-state index in [9.17, 15) is 14.4 Å². The Morgan fingerprint density at radius 3 is 2.29 bits per heavy atom. The summed E-state index contributed by atoms with van der Waals surface area (Å²) in [5.41, 5.74) is 1.18. The first kappa shape index (κ1) is 19.6. The fourth-order valence-corrected chi connectivity index (χ4v) is 2.97. The van der Waals surface area contributed by atoms with Gasteiger partial charge in [0.15, 0.2) is 0 Å². The van der Waals surface area contributed by atoms with Gasteiger partial charge < -0.3 is 20.3 Å². The number of carbonyl (C=O) groups excluding carboxylic acids is 3. The zero-order valence-corrected chi connectivity index (χ0v) is 15.7. The molecule has 1 atom stereocenters. The summed E-state index contributed by atoms with van der Waals surface area (Å²) in [4.78, 5) is 39.3. The Morgan fingerprint density at radius 2 is 1.57 bits per heavy atom.